The maximum Gasteiger partial charge on any atom is 0.263 e. The number of fused-ring (bicyclic) bond motifs is 2. The number of aromatic nitrogens is 4. The van der Waals surface area contributed by atoms with Gasteiger partial charge in [-0.25, -0.2) is 9.97 Å². The molecular weight excluding hydrogens is 943 g/mol. The molecule has 4 saturated heterocycles. The number of carbonyl (C=O) groups is 4. The molecule has 10 rings (SSSR count). The number of ketones is 1. The van der Waals surface area contributed by atoms with Gasteiger partial charge in [0.25, 0.3) is 11.5 Å². The van der Waals surface area contributed by atoms with Crippen molar-refractivity contribution in [3.63, 3.8) is 0 Å². The van der Waals surface area contributed by atoms with Gasteiger partial charge in [0.2, 0.25) is 17.8 Å². The minimum Gasteiger partial charge on any atom is -0.369 e. The zero-order valence-corrected chi connectivity index (χ0v) is 42.0. The normalized spacial score (nSPS) is 20.9. The molecule has 4 aromatic rings. The Morgan fingerprint density at radius 3 is 2.06 bits per heavy atom. The summed E-state index contributed by atoms with van der Waals surface area (Å²) in [5.74, 6) is 0.725. The van der Waals surface area contributed by atoms with Crippen molar-refractivity contribution in [3.05, 3.63) is 75.3 Å². The molecule has 1 unspecified atom stereocenters. The highest BCUT2D eigenvalue weighted by Gasteiger charge is 2.39. The maximum absolute atomic E-state index is 13.6. The van der Waals surface area contributed by atoms with E-state index in [9.17, 15) is 24.0 Å². The third-order valence-corrected chi connectivity index (χ3v) is 15.2. The van der Waals surface area contributed by atoms with Crippen LogP contribution in [0.4, 0.5) is 23.1 Å². The van der Waals surface area contributed by atoms with Crippen LogP contribution in [0.5, 0.6) is 0 Å². The van der Waals surface area contributed by atoms with Gasteiger partial charge < -0.3 is 24.9 Å². The molecule has 6 aliphatic rings. The fourth-order valence-electron chi connectivity index (χ4n) is 11.3. The Kier molecular flexibility index (Phi) is 16.9. The third-order valence-electron chi connectivity index (χ3n) is 15.2. The van der Waals surface area contributed by atoms with Crippen molar-refractivity contribution in [2.75, 3.05) is 100 Å². The van der Waals surface area contributed by atoms with E-state index in [1.165, 1.54) is 19.8 Å². The lowest BCUT2D eigenvalue weighted by molar-refractivity contribution is -0.136. The van der Waals surface area contributed by atoms with Crippen LogP contribution in [0.15, 0.2) is 47.5 Å². The number of piperidine rings is 2. The topological polar surface area (TPSA) is 172 Å². The molecular formula is C49H65Cl3N12O5. The number of imide groups is 1. The molecule has 0 bridgehead atoms. The summed E-state index contributed by atoms with van der Waals surface area (Å²) in [5.41, 5.74) is 5.00. The zero-order valence-electron chi connectivity index (χ0n) is 39.6. The van der Waals surface area contributed by atoms with E-state index in [1.54, 1.807) is 22.6 Å². The number of pyridine rings is 2. The molecule has 8 heterocycles. The first kappa shape index (κ1) is 51.9. The summed E-state index contributed by atoms with van der Waals surface area (Å²) in [7, 11) is 0. The van der Waals surface area contributed by atoms with Gasteiger partial charge in [-0.05, 0) is 106 Å². The predicted molar refractivity (Wildman–Crippen MR) is 274 cm³/mol. The summed E-state index contributed by atoms with van der Waals surface area (Å²) in [6.07, 6.45) is 10.6. The second-order valence-corrected chi connectivity index (χ2v) is 19.3. The van der Waals surface area contributed by atoms with Crippen LogP contribution in [0, 0.1) is 12.8 Å². The minimum atomic E-state index is -0.590. The van der Waals surface area contributed by atoms with Crippen LogP contribution in [0.1, 0.15) is 96.2 Å². The van der Waals surface area contributed by atoms with E-state index < -0.39 is 6.04 Å². The third kappa shape index (κ3) is 11.0. The number of halogens is 3. The smallest absolute Gasteiger partial charge is 0.263 e. The van der Waals surface area contributed by atoms with Crippen molar-refractivity contribution in [1.29, 1.82) is 0 Å². The number of hydrogen-bond donors (Lipinski definition) is 2. The SMILES string of the molecule is CC(=O)c1c(C)c2cnc(Nc3ccc(N4CCN(CCN5CCC(CN6CCN(c7ccc8c(c7)CN(C7CCC(=O)NC7=O)C8=O)CC6)CC5)CC4)cn3)nc2n(C2CCCC2)c1=O.Cl.Cl.Cl. The van der Waals surface area contributed by atoms with E-state index in [-0.39, 0.29) is 84.3 Å². The molecule has 3 amide bonds. The van der Waals surface area contributed by atoms with Crippen molar-refractivity contribution in [2.24, 2.45) is 5.92 Å². The molecule has 69 heavy (non-hydrogen) atoms. The zero-order chi connectivity index (χ0) is 45.5. The summed E-state index contributed by atoms with van der Waals surface area (Å²) in [5, 5.41) is 6.36. The fraction of sp³-hybridized carbons (Fsp3) is 0.551. The average Bonchev–Trinajstić information content (AvgIpc) is 3.97. The highest BCUT2D eigenvalue weighted by molar-refractivity contribution is 6.05. The van der Waals surface area contributed by atoms with Gasteiger partial charge in [-0.3, -0.25) is 43.7 Å². The number of hydrogen-bond acceptors (Lipinski definition) is 14. The van der Waals surface area contributed by atoms with Crippen LogP contribution in [0.2, 0.25) is 0 Å². The van der Waals surface area contributed by atoms with Crippen LogP contribution >= 0.6 is 37.2 Å². The van der Waals surface area contributed by atoms with E-state index in [1.807, 2.05) is 24.4 Å². The number of nitrogens with one attached hydrogen (secondary N) is 2. The molecule has 1 aliphatic carbocycles. The molecule has 1 atom stereocenters. The molecule has 20 heteroatoms. The first-order valence-electron chi connectivity index (χ1n) is 24.2. The summed E-state index contributed by atoms with van der Waals surface area (Å²) in [6.45, 7) is 17.2. The van der Waals surface area contributed by atoms with E-state index >= 15 is 0 Å². The number of carbonyl (C=O) groups excluding carboxylic acids is 4. The van der Waals surface area contributed by atoms with Gasteiger partial charge >= 0.3 is 0 Å². The second kappa shape index (κ2) is 22.4. The van der Waals surface area contributed by atoms with Crippen molar-refractivity contribution in [3.8, 4) is 0 Å². The molecule has 17 nitrogen and oxygen atoms in total. The summed E-state index contributed by atoms with van der Waals surface area (Å²) in [6, 6.07) is 9.55. The van der Waals surface area contributed by atoms with Gasteiger partial charge in [-0.2, -0.15) is 4.98 Å². The molecule has 1 aromatic carbocycles. The Labute approximate surface area is 422 Å². The number of benzene rings is 1. The van der Waals surface area contributed by atoms with E-state index in [0.717, 1.165) is 139 Å². The molecule has 0 radical (unpaired) electrons. The van der Waals surface area contributed by atoms with Gasteiger partial charge in [-0.15, -0.1) is 37.2 Å². The van der Waals surface area contributed by atoms with Crippen molar-refractivity contribution in [2.45, 2.75) is 83.8 Å². The number of nitrogens with zero attached hydrogens (tertiary/aromatic N) is 10. The van der Waals surface area contributed by atoms with Crippen molar-refractivity contribution >= 4 is 94.9 Å². The number of Topliss-reactive ketones (excluding diaryl/α,β-unsaturated/α-hetero) is 1. The lowest BCUT2D eigenvalue weighted by Crippen LogP contribution is -2.52. The molecule has 2 N–H and O–H groups in total. The first-order chi connectivity index (χ1) is 32.1. The average molecular weight is 1010 g/mol. The largest absolute Gasteiger partial charge is 0.369 e. The Morgan fingerprint density at radius 2 is 1.41 bits per heavy atom. The summed E-state index contributed by atoms with van der Waals surface area (Å²) < 4.78 is 1.73. The quantitative estimate of drug-likeness (QED) is 0.140. The number of amides is 3. The Balaban J connectivity index is 0.00000234. The lowest BCUT2D eigenvalue weighted by atomic mass is 9.96. The monoisotopic (exact) mass is 1010 g/mol. The first-order valence-corrected chi connectivity index (χ1v) is 24.2. The van der Waals surface area contributed by atoms with Gasteiger partial charge in [0, 0.05) is 114 Å². The standard InChI is InChI=1S/C49H62N12O5.3ClH/c1-32-40-29-51-49(54-45(40)61(36-5-3-4-6-36)48(66)44(32)33(2)62)52-42-11-8-38(28-50-42)59-23-19-56(20-24-59)18-17-55-15-13-34(14-16-55)30-57-21-25-58(26-22-57)37-7-9-39-35(27-37)31-60(47(39)65)41-10-12-43(63)53-46(41)64;;;/h7-9,11,27-29,34,36,41H,3-6,10,12-26,30-31H2,1-2H3,(H,53,63,64)(H,50,51,52,54);3*1H. The van der Waals surface area contributed by atoms with Crippen LogP contribution in [0.25, 0.3) is 11.0 Å². The molecule has 372 valence electrons. The minimum absolute atomic E-state index is 0. The highest BCUT2D eigenvalue weighted by Crippen LogP contribution is 2.34. The number of aryl methyl sites for hydroxylation is 1. The van der Waals surface area contributed by atoms with E-state index in [2.05, 4.69) is 52.2 Å². The Morgan fingerprint density at radius 1 is 0.754 bits per heavy atom. The van der Waals surface area contributed by atoms with Crippen LogP contribution in [-0.4, -0.2) is 154 Å². The van der Waals surface area contributed by atoms with Gasteiger partial charge in [0.05, 0.1) is 17.4 Å². The molecule has 5 aliphatic heterocycles. The second-order valence-electron chi connectivity index (χ2n) is 19.3. The molecule has 0 spiro atoms. The van der Waals surface area contributed by atoms with Crippen molar-refractivity contribution in [1.82, 2.24) is 44.4 Å². The van der Waals surface area contributed by atoms with Gasteiger partial charge in [0.15, 0.2) is 5.78 Å². The Bertz CT molecular complexity index is 2570. The lowest BCUT2D eigenvalue weighted by Gasteiger charge is -2.40. The van der Waals surface area contributed by atoms with Gasteiger partial charge in [-0.1, -0.05) is 12.8 Å². The maximum atomic E-state index is 13.6. The van der Waals surface area contributed by atoms with Crippen LogP contribution in [-0.2, 0) is 16.1 Å². The number of likely N-dealkylation sites (tertiary alicyclic amines) is 1. The Hall–Kier alpha value is -4.91. The van der Waals surface area contributed by atoms with Crippen molar-refractivity contribution < 1.29 is 19.2 Å². The predicted octanol–water partition coefficient (Wildman–Crippen LogP) is 5.24. The van der Waals surface area contributed by atoms with Crippen LogP contribution in [0.3, 0.4) is 0 Å². The van der Waals surface area contributed by atoms with Gasteiger partial charge in [0.1, 0.15) is 17.5 Å². The number of rotatable bonds is 12. The fourth-order valence-corrected chi connectivity index (χ4v) is 11.3. The number of anilines is 4. The summed E-state index contributed by atoms with van der Waals surface area (Å²) in [4.78, 5) is 91.8. The van der Waals surface area contributed by atoms with E-state index in [0.29, 0.717) is 41.5 Å². The number of piperazine rings is 2. The molecule has 5 fully saturated rings. The molecule has 1 saturated carbocycles. The van der Waals surface area contributed by atoms with E-state index in [4.69, 9.17) is 9.97 Å². The van der Waals surface area contributed by atoms with Crippen LogP contribution < -0.4 is 26.0 Å². The highest BCUT2D eigenvalue weighted by atomic mass is 35.5. The summed E-state index contributed by atoms with van der Waals surface area (Å²) >= 11 is 0. The molecule has 3 aromatic heterocycles.